The summed E-state index contributed by atoms with van der Waals surface area (Å²) in [4.78, 5) is 36.4. The van der Waals surface area contributed by atoms with Gasteiger partial charge in [0.2, 0.25) is 0 Å². The molecule has 0 bridgehead atoms. The molecule has 154 valence electrons. The number of ether oxygens (including phenoxy) is 1. The maximum atomic E-state index is 13.1. The first kappa shape index (κ1) is 20.6. The van der Waals surface area contributed by atoms with Crippen molar-refractivity contribution in [2.24, 2.45) is 0 Å². The molecule has 3 rings (SSSR count). The van der Waals surface area contributed by atoms with Gasteiger partial charge >= 0.3 is 0 Å². The maximum absolute atomic E-state index is 13.1. The lowest BCUT2D eigenvalue weighted by molar-refractivity contribution is -0.128. The second kappa shape index (κ2) is 8.95. The van der Waals surface area contributed by atoms with Crippen LogP contribution >= 0.6 is 0 Å². The van der Waals surface area contributed by atoms with Crippen LogP contribution in [0.25, 0.3) is 5.69 Å². The highest BCUT2D eigenvalue weighted by molar-refractivity contribution is 5.94. The Kier molecular flexibility index (Phi) is 6.16. The molecule has 0 aliphatic carbocycles. The largest absolute Gasteiger partial charge is 0.481 e. The molecule has 0 aliphatic heterocycles. The average Bonchev–Trinajstić information content (AvgIpc) is 2.74. The van der Waals surface area contributed by atoms with Crippen molar-refractivity contribution < 1.29 is 23.1 Å². The summed E-state index contributed by atoms with van der Waals surface area (Å²) in [5.74, 6) is -2.10. The van der Waals surface area contributed by atoms with E-state index >= 15 is 0 Å². The summed E-state index contributed by atoms with van der Waals surface area (Å²) in [6.07, 6.45) is -0.989. The van der Waals surface area contributed by atoms with E-state index in [1.807, 2.05) is 0 Å². The Hall–Kier alpha value is -4.08. The van der Waals surface area contributed by atoms with Gasteiger partial charge in [0.1, 0.15) is 17.4 Å². The Balaban J connectivity index is 1.63. The molecule has 1 aromatic heterocycles. The molecular weight excluding hydrogens is 398 g/mol. The van der Waals surface area contributed by atoms with Crippen molar-refractivity contribution in [1.29, 1.82) is 0 Å². The van der Waals surface area contributed by atoms with E-state index in [1.54, 1.807) is 0 Å². The topological polar surface area (TPSA) is 102 Å². The number of nitrogens with one attached hydrogen (secondary N) is 2. The first-order valence-corrected chi connectivity index (χ1v) is 8.72. The van der Waals surface area contributed by atoms with E-state index in [-0.39, 0.29) is 17.1 Å². The van der Waals surface area contributed by atoms with Crippen LogP contribution in [0.1, 0.15) is 17.4 Å². The zero-order valence-corrected chi connectivity index (χ0v) is 15.6. The fraction of sp³-hybridized carbons (Fsp3) is 0.100. The molecule has 0 saturated heterocycles. The van der Waals surface area contributed by atoms with Crippen molar-refractivity contribution >= 4 is 11.8 Å². The summed E-state index contributed by atoms with van der Waals surface area (Å²) in [5.41, 5.74) is 3.92. The highest BCUT2D eigenvalue weighted by Crippen LogP contribution is 2.13. The van der Waals surface area contributed by atoms with Gasteiger partial charge in [-0.3, -0.25) is 25.2 Å². The van der Waals surface area contributed by atoms with Gasteiger partial charge in [0.15, 0.2) is 11.8 Å². The minimum atomic E-state index is -0.989. The van der Waals surface area contributed by atoms with Crippen molar-refractivity contribution in [1.82, 2.24) is 20.6 Å². The number of rotatable bonds is 5. The smallest absolute Gasteiger partial charge is 0.290 e. The molecule has 2 N–H and O–H groups in total. The number of nitrogens with zero attached hydrogens (tertiary/aromatic N) is 2. The molecule has 8 nitrogen and oxygen atoms in total. The van der Waals surface area contributed by atoms with Crippen LogP contribution < -0.4 is 21.1 Å². The quantitative estimate of drug-likeness (QED) is 0.620. The fourth-order valence-corrected chi connectivity index (χ4v) is 2.35. The highest BCUT2D eigenvalue weighted by Gasteiger charge is 2.17. The van der Waals surface area contributed by atoms with Gasteiger partial charge in [0, 0.05) is 6.07 Å². The Morgan fingerprint density at radius 1 is 0.933 bits per heavy atom. The third kappa shape index (κ3) is 5.04. The normalized spacial score (nSPS) is 11.4. The summed E-state index contributed by atoms with van der Waals surface area (Å²) in [6, 6.07) is 12.4. The van der Waals surface area contributed by atoms with Crippen molar-refractivity contribution in [2.75, 3.05) is 0 Å². The highest BCUT2D eigenvalue weighted by atomic mass is 19.1. The molecule has 0 fully saturated rings. The number of amides is 2. The lowest BCUT2D eigenvalue weighted by Gasteiger charge is -2.15. The van der Waals surface area contributed by atoms with Gasteiger partial charge < -0.3 is 4.74 Å². The van der Waals surface area contributed by atoms with Crippen LogP contribution in [-0.4, -0.2) is 27.7 Å². The number of benzene rings is 2. The number of hydrazine groups is 1. The lowest BCUT2D eigenvalue weighted by Crippen LogP contribution is -2.47. The Morgan fingerprint density at radius 3 is 2.17 bits per heavy atom. The summed E-state index contributed by atoms with van der Waals surface area (Å²) >= 11 is 0. The minimum Gasteiger partial charge on any atom is -0.481 e. The Labute approximate surface area is 169 Å². The number of halogens is 2. The third-order valence-electron chi connectivity index (χ3n) is 3.90. The van der Waals surface area contributed by atoms with Crippen LogP contribution in [0.15, 0.2) is 65.5 Å². The van der Waals surface area contributed by atoms with E-state index in [0.29, 0.717) is 0 Å². The molecule has 3 aromatic rings. The number of hydrogen-bond donors (Lipinski definition) is 2. The van der Waals surface area contributed by atoms with E-state index in [2.05, 4.69) is 16.0 Å². The van der Waals surface area contributed by atoms with Crippen LogP contribution in [0, 0.1) is 11.6 Å². The van der Waals surface area contributed by atoms with Gasteiger partial charge in [-0.25, -0.2) is 8.78 Å². The summed E-state index contributed by atoms with van der Waals surface area (Å²) in [6.45, 7) is 1.44. The standard InChI is InChI=1S/C20H16F2N4O4/c1-12(30-16-8-4-14(22)5-9-16)19(28)23-24-20(29)17-10-11-18(27)26(25-17)15-6-2-13(21)3-7-15/h2-12H,1H3,(H,23,28)(H,24,29). The first-order valence-electron chi connectivity index (χ1n) is 8.72. The second-order valence-electron chi connectivity index (χ2n) is 6.10. The monoisotopic (exact) mass is 414 g/mol. The Bertz CT molecular complexity index is 1110. The van der Waals surface area contributed by atoms with E-state index in [1.165, 1.54) is 49.4 Å². The molecule has 0 aliphatic rings. The van der Waals surface area contributed by atoms with Crippen LogP contribution in [-0.2, 0) is 4.79 Å². The number of aromatic nitrogens is 2. The summed E-state index contributed by atoms with van der Waals surface area (Å²) in [7, 11) is 0. The van der Waals surface area contributed by atoms with E-state index in [0.717, 1.165) is 22.9 Å². The second-order valence-corrected chi connectivity index (χ2v) is 6.10. The molecule has 2 amide bonds. The van der Waals surface area contributed by atoms with Crippen molar-refractivity contribution in [3.63, 3.8) is 0 Å². The minimum absolute atomic E-state index is 0.161. The van der Waals surface area contributed by atoms with Crippen LogP contribution in [0.4, 0.5) is 8.78 Å². The summed E-state index contributed by atoms with van der Waals surface area (Å²) in [5, 5.41) is 3.92. The van der Waals surface area contributed by atoms with E-state index < -0.39 is 35.1 Å². The summed E-state index contributed by atoms with van der Waals surface area (Å²) < 4.78 is 32.3. The molecule has 0 spiro atoms. The fourth-order valence-electron chi connectivity index (χ4n) is 2.35. The predicted molar refractivity (Wildman–Crippen MR) is 102 cm³/mol. The molecular formula is C20H16F2N4O4. The molecule has 1 atom stereocenters. The Morgan fingerprint density at radius 2 is 1.53 bits per heavy atom. The average molecular weight is 414 g/mol. The van der Waals surface area contributed by atoms with Gasteiger partial charge in [-0.2, -0.15) is 9.78 Å². The number of carbonyl (C=O) groups excluding carboxylic acids is 2. The molecule has 2 aromatic carbocycles. The molecule has 1 heterocycles. The molecule has 1 unspecified atom stereocenters. The predicted octanol–water partition coefficient (Wildman–Crippen LogP) is 1.74. The van der Waals surface area contributed by atoms with Gasteiger partial charge in [0.05, 0.1) is 5.69 Å². The molecule has 10 heteroatoms. The maximum Gasteiger partial charge on any atom is 0.290 e. The van der Waals surface area contributed by atoms with Gasteiger partial charge in [-0.1, -0.05) is 0 Å². The third-order valence-corrected chi connectivity index (χ3v) is 3.90. The van der Waals surface area contributed by atoms with Crippen molar-refractivity contribution in [3.05, 3.63) is 88.3 Å². The molecule has 30 heavy (non-hydrogen) atoms. The zero-order valence-electron chi connectivity index (χ0n) is 15.6. The SMILES string of the molecule is CC(Oc1ccc(F)cc1)C(=O)NNC(=O)c1ccc(=O)n(-c2ccc(F)cc2)n1. The molecule has 0 radical (unpaired) electrons. The number of carbonyl (C=O) groups is 2. The lowest BCUT2D eigenvalue weighted by atomic mass is 10.3. The van der Waals surface area contributed by atoms with Crippen LogP contribution in [0.2, 0.25) is 0 Å². The zero-order chi connectivity index (χ0) is 21.7. The van der Waals surface area contributed by atoms with Crippen molar-refractivity contribution in [3.8, 4) is 11.4 Å². The van der Waals surface area contributed by atoms with Crippen LogP contribution in [0.5, 0.6) is 5.75 Å². The van der Waals surface area contributed by atoms with Gasteiger partial charge in [0.25, 0.3) is 17.4 Å². The van der Waals surface area contributed by atoms with Gasteiger partial charge in [-0.05, 0) is 61.5 Å². The van der Waals surface area contributed by atoms with Gasteiger partial charge in [-0.15, -0.1) is 0 Å². The molecule has 0 saturated carbocycles. The van der Waals surface area contributed by atoms with Crippen LogP contribution in [0.3, 0.4) is 0 Å². The van der Waals surface area contributed by atoms with E-state index in [4.69, 9.17) is 4.74 Å². The van der Waals surface area contributed by atoms with E-state index in [9.17, 15) is 23.2 Å². The van der Waals surface area contributed by atoms with Crippen molar-refractivity contribution in [2.45, 2.75) is 13.0 Å². The first-order chi connectivity index (χ1) is 14.3. The number of hydrogen-bond acceptors (Lipinski definition) is 5.